The van der Waals surface area contributed by atoms with Crippen molar-refractivity contribution in [2.75, 3.05) is 13.2 Å². The number of hydrogen-bond donors (Lipinski definition) is 1. The number of carbonyl (C=O) groups excluding carboxylic acids is 2. The highest BCUT2D eigenvalue weighted by atomic mass is 16.9. The number of carbonyl (C=O) groups is 2. The van der Waals surface area contributed by atoms with Crippen LogP contribution in [0.2, 0.25) is 0 Å². The quantitative estimate of drug-likeness (QED) is 0.491. The summed E-state index contributed by atoms with van der Waals surface area (Å²) in [4.78, 5) is 35.6. The second kappa shape index (κ2) is 6.99. The molecule has 2 aliphatic rings. The first-order valence-electron chi connectivity index (χ1n) is 8.13. The van der Waals surface area contributed by atoms with Gasteiger partial charge in [0.2, 0.25) is 0 Å². The van der Waals surface area contributed by atoms with E-state index < -0.39 is 17.7 Å². The lowest BCUT2D eigenvalue weighted by atomic mass is 10.2. The zero-order chi connectivity index (χ0) is 18.0. The van der Waals surface area contributed by atoms with E-state index in [1.54, 1.807) is 35.2 Å². The molecule has 1 aromatic rings. The van der Waals surface area contributed by atoms with Gasteiger partial charge in [-0.05, 0) is 38.5 Å². The molecule has 2 aliphatic heterocycles. The fourth-order valence-electron chi connectivity index (χ4n) is 2.68. The minimum absolute atomic E-state index is 0.0213. The Bertz CT molecular complexity index is 630. The molecule has 0 radical (unpaired) electrons. The Kier molecular flexibility index (Phi) is 4.94. The van der Waals surface area contributed by atoms with Gasteiger partial charge in [-0.3, -0.25) is 9.74 Å². The van der Waals surface area contributed by atoms with Gasteiger partial charge in [0.05, 0.1) is 24.8 Å². The molecule has 25 heavy (non-hydrogen) atoms. The molecule has 1 aromatic carbocycles. The number of amides is 1. The lowest BCUT2D eigenvalue weighted by Crippen LogP contribution is -2.46. The van der Waals surface area contributed by atoms with Crippen molar-refractivity contribution >= 4 is 12.1 Å². The lowest BCUT2D eigenvalue weighted by molar-refractivity contribution is -0.146. The molecular weight excluding hydrogens is 328 g/mol. The third kappa shape index (κ3) is 4.47. The van der Waals surface area contributed by atoms with Crippen molar-refractivity contribution < 1.29 is 28.7 Å². The van der Waals surface area contributed by atoms with E-state index in [1.807, 2.05) is 20.8 Å². The zero-order valence-electron chi connectivity index (χ0n) is 14.4. The molecule has 0 bridgehead atoms. The molecule has 0 aromatic heterocycles. The lowest BCUT2D eigenvalue weighted by Gasteiger charge is -2.29. The first kappa shape index (κ1) is 17.7. The average molecular weight is 350 g/mol. The van der Waals surface area contributed by atoms with E-state index in [0.717, 1.165) is 0 Å². The minimum Gasteiger partial charge on any atom is -0.444 e. The number of rotatable bonds is 5. The van der Waals surface area contributed by atoms with Crippen LogP contribution in [0.4, 0.5) is 4.79 Å². The Morgan fingerprint density at radius 2 is 2.00 bits per heavy atom. The molecule has 8 nitrogen and oxygen atoms in total. The Hall–Kier alpha value is -2.16. The second-order valence-corrected chi connectivity index (χ2v) is 6.99. The molecule has 1 N–H and O–H groups in total. The average Bonchev–Trinajstić information content (AvgIpc) is 3.23. The van der Waals surface area contributed by atoms with Crippen LogP contribution in [0.25, 0.3) is 0 Å². The minimum atomic E-state index is -0.570. The van der Waals surface area contributed by atoms with E-state index in [0.29, 0.717) is 12.1 Å². The molecule has 2 unspecified atom stereocenters. The molecule has 3 atom stereocenters. The molecule has 2 heterocycles. The highest BCUT2D eigenvalue weighted by molar-refractivity contribution is 5.88. The van der Waals surface area contributed by atoms with Gasteiger partial charge in [0.1, 0.15) is 17.8 Å². The Balaban J connectivity index is 1.45. The highest BCUT2D eigenvalue weighted by Gasteiger charge is 2.57. The molecule has 0 aliphatic carbocycles. The summed E-state index contributed by atoms with van der Waals surface area (Å²) in [6.45, 7) is 6.02. The van der Waals surface area contributed by atoms with E-state index >= 15 is 0 Å². The summed E-state index contributed by atoms with van der Waals surface area (Å²) in [6, 6.07) is 8.25. The van der Waals surface area contributed by atoms with Crippen LogP contribution < -0.4 is 5.64 Å². The van der Waals surface area contributed by atoms with Crippen LogP contribution in [-0.2, 0) is 19.1 Å². The molecule has 2 saturated heterocycles. The van der Waals surface area contributed by atoms with E-state index in [1.165, 1.54) is 0 Å². The van der Waals surface area contributed by atoms with Crippen LogP contribution in [-0.4, -0.2) is 54.0 Å². The molecular formula is C17H22N2O6. The molecule has 2 fully saturated rings. The van der Waals surface area contributed by atoms with Crippen LogP contribution in [0.15, 0.2) is 30.3 Å². The van der Waals surface area contributed by atoms with Crippen LogP contribution in [0.1, 0.15) is 31.1 Å². The third-order valence-electron chi connectivity index (χ3n) is 3.86. The zero-order valence-corrected chi connectivity index (χ0v) is 14.4. The topological polar surface area (TPSA) is 89.6 Å². The number of epoxide rings is 1. The number of morpholine rings is 1. The second-order valence-electron chi connectivity index (χ2n) is 6.99. The van der Waals surface area contributed by atoms with Gasteiger partial charge in [0.25, 0.3) is 0 Å². The first-order valence-corrected chi connectivity index (χ1v) is 8.13. The normalized spacial score (nSPS) is 24.6. The number of nitrogens with zero attached hydrogens (tertiary/aromatic N) is 1. The largest absolute Gasteiger partial charge is 0.444 e. The number of benzene rings is 1. The smallest absolute Gasteiger partial charge is 0.410 e. The third-order valence-corrected chi connectivity index (χ3v) is 3.86. The van der Waals surface area contributed by atoms with Crippen molar-refractivity contribution in [2.45, 2.75) is 44.6 Å². The molecule has 3 rings (SSSR count). The highest BCUT2D eigenvalue weighted by Crippen LogP contribution is 2.37. The van der Waals surface area contributed by atoms with Crippen molar-refractivity contribution in [3.63, 3.8) is 0 Å². The summed E-state index contributed by atoms with van der Waals surface area (Å²) < 4.78 is 10.9. The monoisotopic (exact) mass is 350 g/mol. The van der Waals surface area contributed by atoms with Crippen molar-refractivity contribution in [3.8, 4) is 0 Å². The standard InChI is InChI=1S/C17H22N2O6/c1-17(2,3)24-16(21)19-9-13-14(23-13)12(19)10-22-18-25-15(20)11-7-5-4-6-8-11/h4-8,12-14,18H,9-10H2,1-3H3/t12-,13?,14?/m1/s1. The molecule has 0 saturated carbocycles. The predicted octanol–water partition coefficient (Wildman–Crippen LogP) is 1.67. The summed E-state index contributed by atoms with van der Waals surface area (Å²) >= 11 is 0. The van der Waals surface area contributed by atoms with Gasteiger partial charge in [-0.1, -0.05) is 18.2 Å². The van der Waals surface area contributed by atoms with E-state index in [9.17, 15) is 9.59 Å². The first-order chi connectivity index (χ1) is 11.8. The summed E-state index contributed by atoms with van der Waals surface area (Å²) in [7, 11) is 0. The number of likely N-dealkylation sites (tertiary alicyclic amines) is 1. The Labute approximate surface area is 145 Å². The van der Waals surface area contributed by atoms with Gasteiger partial charge in [-0.2, -0.15) is 0 Å². The SMILES string of the molecule is CC(C)(C)OC(=O)N1CC2OC2[C@H]1CONOC(=O)c1ccccc1. The number of fused-ring (bicyclic) bond motifs is 1. The van der Waals surface area contributed by atoms with Gasteiger partial charge >= 0.3 is 12.1 Å². The van der Waals surface area contributed by atoms with Crippen LogP contribution in [0.5, 0.6) is 0 Å². The summed E-state index contributed by atoms with van der Waals surface area (Å²) in [6.07, 6.45) is -0.453. The number of nitrogens with one attached hydrogen (secondary N) is 1. The molecule has 136 valence electrons. The maximum absolute atomic E-state index is 12.3. The van der Waals surface area contributed by atoms with Crippen LogP contribution in [0, 0.1) is 0 Å². The fraction of sp³-hybridized carbons (Fsp3) is 0.529. The van der Waals surface area contributed by atoms with Crippen molar-refractivity contribution in [1.82, 2.24) is 10.5 Å². The van der Waals surface area contributed by atoms with Gasteiger partial charge in [-0.15, -0.1) is 0 Å². The van der Waals surface area contributed by atoms with Crippen LogP contribution in [0.3, 0.4) is 0 Å². The van der Waals surface area contributed by atoms with Gasteiger partial charge in [-0.25, -0.2) is 9.59 Å². The van der Waals surface area contributed by atoms with E-state index in [-0.39, 0.29) is 24.9 Å². The summed E-state index contributed by atoms with van der Waals surface area (Å²) in [5.74, 6) is -0.559. The van der Waals surface area contributed by atoms with Gasteiger partial charge in [0, 0.05) is 0 Å². The van der Waals surface area contributed by atoms with Crippen LogP contribution >= 0.6 is 0 Å². The molecule has 1 amide bonds. The van der Waals surface area contributed by atoms with Gasteiger partial charge in [0.15, 0.2) is 0 Å². The maximum atomic E-state index is 12.3. The predicted molar refractivity (Wildman–Crippen MR) is 86.3 cm³/mol. The molecule has 8 heteroatoms. The van der Waals surface area contributed by atoms with Crippen molar-refractivity contribution in [1.29, 1.82) is 0 Å². The Morgan fingerprint density at radius 1 is 1.28 bits per heavy atom. The maximum Gasteiger partial charge on any atom is 0.410 e. The molecule has 0 spiro atoms. The van der Waals surface area contributed by atoms with Crippen molar-refractivity contribution in [3.05, 3.63) is 35.9 Å². The van der Waals surface area contributed by atoms with E-state index in [4.69, 9.17) is 19.1 Å². The van der Waals surface area contributed by atoms with E-state index in [2.05, 4.69) is 5.64 Å². The van der Waals surface area contributed by atoms with Crippen molar-refractivity contribution in [2.24, 2.45) is 0 Å². The summed E-state index contributed by atoms with van der Waals surface area (Å²) in [5, 5.41) is 0. The number of ether oxygens (including phenoxy) is 2. The Morgan fingerprint density at radius 3 is 2.68 bits per heavy atom. The number of hydrogen-bond acceptors (Lipinski definition) is 7. The fourth-order valence-corrected chi connectivity index (χ4v) is 2.68. The van der Waals surface area contributed by atoms with Gasteiger partial charge < -0.3 is 14.3 Å². The summed E-state index contributed by atoms with van der Waals surface area (Å²) in [5.41, 5.74) is 2.01.